The lowest BCUT2D eigenvalue weighted by Crippen LogP contribution is -1.87. The van der Waals surface area contributed by atoms with Gasteiger partial charge < -0.3 is 4.42 Å². The highest BCUT2D eigenvalue weighted by Crippen LogP contribution is 2.29. The standard InChI is InChI=1S/C14H10BrN3OS/c15-11-5-3-10(4-6-11)13-9-16-14(20-13)18-17-8-12-2-1-7-19-12/h1-9H,(H,16,18)/b17-8-. The molecule has 20 heavy (non-hydrogen) atoms. The summed E-state index contributed by atoms with van der Waals surface area (Å²) >= 11 is 4.97. The fourth-order valence-electron chi connectivity index (χ4n) is 1.59. The van der Waals surface area contributed by atoms with E-state index in [0.717, 1.165) is 20.0 Å². The zero-order valence-corrected chi connectivity index (χ0v) is 12.7. The zero-order chi connectivity index (χ0) is 13.8. The second kappa shape index (κ2) is 6.02. The average molecular weight is 348 g/mol. The van der Waals surface area contributed by atoms with Crippen molar-refractivity contribution in [3.63, 3.8) is 0 Å². The van der Waals surface area contributed by atoms with Crippen molar-refractivity contribution in [2.45, 2.75) is 0 Å². The molecule has 2 aromatic heterocycles. The van der Waals surface area contributed by atoms with Crippen LogP contribution in [-0.2, 0) is 0 Å². The summed E-state index contributed by atoms with van der Waals surface area (Å²) in [6.07, 6.45) is 5.05. The zero-order valence-electron chi connectivity index (χ0n) is 10.3. The number of hydrogen-bond donors (Lipinski definition) is 1. The van der Waals surface area contributed by atoms with Crippen molar-refractivity contribution < 1.29 is 4.42 Å². The highest BCUT2D eigenvalue weighted by atomic mass is 79.9. The minimum absolute atomic E-state index is 0.696. The van der Waals surface area contributed by atoms with E-state index >= 15 is 0 Å². The molecule has 1 N–H and O–H groups in total. The summed E-state index contributed by atoms with van der Waals surface area (Å²) in [5.74, 6) is 0.696. The van der Waals surface area contributed by atoms with Gasteiger partial charge in [-0.25, -0.2) is 4.98 Å². The molecular formula is C14H10BrN3OS. The first kappa shape index (κ1) is 13.1. The summed E-state index contributed by atoms with van der Waals surface area (Å²) in [7, 11) is 0. The van der Waals surface area contributed by atoms with Crippen LogP contribution in [0.25, 0.3) is 10.4 Å². The van der Waals surface area contributed by atoms with Gasteiger partial charge >= 0.3 is 0 Å². The fourth-order valence-corrected chi connectivity index (χ4v) is 2.62. The van der Waals surface area contributed by atoms with Crippen molar-refractivity contribution in [3.05, 3.63) is 59.1 Å². The first-order valence-corrected chi connectivity index (χ1v) is 7.46. The summed E-state index contributed by atoms with van der Waals surface area (Å²) in [5.41, 5.74) is 4.03. The first-order valence-electron chi connectivity index (χ1n) is 5.85. The molecule has 3 rings (SSSR count). The van der Waals surface area contributed by atoms with Gasteiger partial charge in [-0.2, -0.15) is 5.10 Å². The van der Waals surface area contributed by atoms with Crippen LogP contribution in [0.15, 0.2) is 62.8 Å². The largest absolute Gasteiger partial charge is 0.463 e. The Morgan fingerprint density at radius 2 is 2.10 bits per heavy atom. The number of hydrogen-bond acceptors (Lipinski definition) is 5. The Morgan fingerprint density at radius 1 is 1.25 bits per heavy atom. The summed E-state index contributed by atoms with van der Waals surface area (Å²) < 4.78 is 6.21. The third-order valence-corrected chi connectivity index (χ3v) is 4.01. The number of benzene rings is 1. The van der Waals surface area contributed by atoms with E-state index in [1.165, 1.54) is 0 Å². The Labute approximate surface area is 128 Å². The molecule has 2 heterocycles. The predicted molar refractivity (Wildman–Crippen MR) is 85.2 cm³/mol. The van der Waals surface area contributed by atoms with Gasteiger partial charge in [0.1, 0.15) is 5.76 Å². The van der Waals surface area contributed by atoms with Gasteiger partial charge in [0, 0.05) is 10.7 Å². The third kappa shape index (κ3) is 3.15. The molecule has 0 aliphatic heterocycles. The smallest absolute Gasteiger partial charge is 0.203 e. The molecule has 0 aliphatic rings. The van der Waals surface area contributed by atoms with E-state index < -0.39 is 0 Å². The lowest BCUT2D eigenvalue weighted by molar-refractivity contribution is 0.560. The van der Waals surface area contributed by atoms with E-state index in [1.807, 2.05) is 42.6 Å². The van der Waals surface area contributed by atoms with Gasteiger partial charge in [0.15, 0.2) is 0 Å². The lowest BCUT2D eigenvalue weighted by atomic mass is 10.2. The van der Waals surface area contributed by atoms with Gasteiger partial charge in [0.25, 0.3) is 0 Å². The molecule has 0 aliphatic carbocycles. The number of furan rings is 1. The summed E-state index contributed by atoms with van der Waals surface area (Å²) in [6.45, 7) is 0. The van der Waals surface area contributed by atoms with Crippen molar-refractivity contribution in [1.82, 2.24) is 4.98 Å². The van der Waals surface area contributed by atoms with E-state index in [4.69, 9.17) is 4.42 Å². The van der Waals surface area contributed by atoms with Crippen LogP contribution in [0.5, 0.6) is 0 Å². The minimum atomic E-state index is 0.696. The number of anilines is 1. The molecule has 3 aromatic rings. The van der Waals surface area contributed by atoms with Gasteiger partial charge in [-0.15, -0.1) is 0 Å². The van der Waals surface area contributed by atoms with Crippen LogP contribution < -0.4 is 5.43 Å². The number of aromatic nitrogens is 1. The SMILES string of the molecule is Brc1ccc(-c2cnc(N/N=C\c3ccco3)s2)cc1. The molecule has 0 bridgehead atoms. The number of halogens is 1. The molecular weight excluding hydrogens is 338 g/mol. The Balaban J connectivity index is 1.69. The second-order valence-corrected chi connectivity index (χ2v) is 5.87. The number of thiazole rings is 1. The molecule has 0 unspecified atom stereocenters. The third-order valence-electron chi connectivity index (χ3n) is 2.53. The van der Waals surface area contributed by atoms with Crippen LogP contribution >= 0.6 is 27.3 Å². The minimum Gasteiger partial charge on any atom is -0.463 e. The van der Waals surface area contributed by atoms with E-state index in [2.05, 4.69) is 31.4 Å². The first-order chi connectivity index (χ1) is 9.81. The Hall–Kier alpha value is -1.92. The van der Waals surface area contributed by atoms with Crippen LogP contribution in [0.1, 0.15) is 5.76 Å². The van der Waals surface area contributed by atoms with Gasteiger partial charge in [-0.3, -0.25) is 5.43 Å². The van der Waals surface area contributed by atoms with Crippen molar-refractivity contribution in [3.8, 4) is 10.4 Å². The quantitative estimate of drug-likeness (QED) is 0.553. The number of nitrogens with zero attached hydrogens (tertiary/aromatic N) is 2. The predicted octanol–water partition coefficient (Wildman–Crippen LogP) is 4.61. The summed E-state index contributed by atoms with van der Waals surface area (Å²) in [5, 5.41) is 4.82. The van der Waals surface area contributed by atoms with Gasteiger partial charge in [-0.1, -0.05) is 39.4 Å². The molecule has 100 valence electrons. The molecule has 4 nitrogen and oxygen atoms in total. The van der Waals surface area contributed by atoms with Gasteiger partial charge in [-0.05, 0) is 29.8 Å². The normalized spacial score (nSPS) is 11.1. The van der Waals surface area contributed by atoms with Crippen LogP contribution in [0.4, 0.5) is 5.13 Å². The fraction of sp³-hybridized carbons (Fsp3) is 0. The van der Waals surface area contributed by atoms with Crippen LogP contribution in [-0.4, -0.2) is 11.2 Å². The monoisotopic (exact) mass is 347 g/mol. The van der Waals surface area contributed by atoms with Crippen molar-refractivity contribution >= 4 is 38.6 Å². The van der Waals surface area contributed by atoms with E-state index in [0.29, 0.717) is 5.76 Å². The highest BCUT2D eigenvalue weighted by molar-refractivity contribution is 9.10. The number of nitrogens with one attached hydrogen (secondary N) is 1. The molecule has 0 fully saturated rings. The molecule has 0 amide bonds. The van der Waals surface area contributed by atoms with Crippen LogP contribution in [0, 0.1) is 0 Å². The second-order valence-electron chi connectivity index (χ2n) is 3.92. The number of hydrazone groups is 1. The summed E-state index contributed by atoms with van der Waals surface area (Å²) in [6, 6.07) is 11.8. The Morgan fingerprint density at radius 3 is 2.85 bits per heavy atom. The Kier molecular flexibility index (Phi) is 3.94. The van der Waals surface area contributed by atoms with Crippen molar-refractivity contribution in [1.29, 1.82) is 0 Å². The molecule has 1 aromatic carbocycles. The van der Waals surface area contributed by atoms with E-state index in [9.17, 15) is 0 Å². The number of rotatable bonds is 4. The summed E-state index contributed by atoms with van der Waals surface area (Å²) in [4.78, 5) is 5.38. The lowest BCUT2D eigenvalue weighted by Gasteiger charge is -1.96. The maximum Gasteiger partial charge on any atom is 0.203 e. The topological polar surface area (TPSA) is 50.4 Å². The highest BCUT2D eigenvalue weighted by Gasteiger charge is 2.03. The molecule has 0 saturated carbocycles. The maximum absolute atomic E-state index is 5.15. The molecule has 6 heteroatoms. The van der Waals surface area contributed by atoms with Crippen molar-refractivity contribution in [2.75, 3.05) is 5.43 Å². The Bertz CT molecular complexity index is 704. The van der Waals surface area contributed by atoms with Crippen LogP contribution in [0.3, 0.4) is 0 Å². The molecule has 0 atom stereocenters. The molecule has 0 spiro atoms. The molecule has 0 radical (unpaired) electrons. The van der Waals surface area contributed by atoms with E-state index in [1.54, 1.807) is 23.8 Å². The van der Waals surface area contributed by atoms with Gasteiger partial charge in [0.05, 0.1) is 17.4 Å². The van der Waals surface area contributed by atoms with Crippen molar-refractivity contribution in [2.24, 2.45) is 5.10 Å². The van der Waals surface area contributed by atoms with Crippen LogP contribution in [0.2, 0.25) is 0 Å². The maximum atomic E-state index is 5.15. The average Bonchev–Trinajstić information content (AvgIpc) is 3.11. The van der Waals surface area contributed by atoms with Gasteiger partial charge in [0.2, 0.25) is 5.13 Å². The molecule has 0 saturated heterocycles. The van der Waals surface area contributed by atoms with E-state index in [-0.39, 0.29) is 0 Å².